The van der Waals surface area contributed by atoms with Crippen LogP contribution in [-0.4, -0.2) is 37.4 Å². The van der Waals surface area contributed by atoms with E-state index in [4.69, 9.17) is 14.2 Å². The van der Waals surface area contributed by atoms with Gasteiger partial charge in [0.2, 0.25) is 10.9 Å². The maximum Gasteiger partial charge on any atom is 0.257 e. The number of nitrogens with one attached hydrogen (secondary N) is 1. The minimum atomic E-state index is -0.342. The van der Waals surface area contributed by atoms with Crippen LogP contribution in [0, 0.1) is 0 Å². The normalized spacial score (nSPS) is 10.7. The summed E-state index contributed by atoms with van der Waals surface area (Å²) in [5.74, 6) is 1.65. The number of amides is 1. The first-order chi connectivity index (χ1) is 15.6. The second-order valence-electron chi connectivity index (χ2n) is 6.67. The lowest BCUT2D eigenvalue weighted by atomic mass is 10.1. The molecular weight excluding hydrogens is 446 g/mol. The van der Waals surface area contributed by atoms with Gasteiger partial charge in [-0.1, -0.05) is 65.6 Å². The van der Waals surface area contributed by atoms with Gasteiger partial charge in [0, 0.05) is 11.3 Å². The zero-order valence-electron chi connectivity index (χ0n) is 17.7. The molecule has 0 saturated carbocycles. The lowest BCUT2D eigenvalue weighted by Crippen LogP contribution is -2.12. The van der Waals surface area contributed by atoms with Gasteiger partial charge in [-0.15, -0.1) is 10.2 Å². The van der Waals surface area contributed by atoms with Crippen LogP contribution in [0.15, 0.2) is 58.9 Å². The molecule has 4 rings (SSSR count). The molecule has 32 heavy (non-hydrogen) atoms. The van der Waals surface area contributed by atoms with E-state index in [2.05, 4.69) is 45.8 Å². The third-order valence-electron chi connectivity index (χ3n) is 4.78. The minimum Gasteiger partial charge on any atom is -0.493 e. The SMILES string of the molecule is COc1cc(C(=O)Nc2nnc(SCc3cccc4ccccc34)s2)cc(OC)c1OC. The molecule has 1 amide bonds. The van der Waals surface area contributed by atoms with Crippen molar-refractivity contribution in [2.45, 2.75) is 10.1 Å². The number of aromatic nitrogens is 2. The van der Waals surface area contributed by atoms with Gasteiger partial charge in [-0.3, -0.25) is 10.1 Å². The molecule has 0 unspecified atom stereocenters. The Bertz CT molecular complexity index is 1230. The van der Waals surface area contributed by atoms with Gasteiger partial charge in [-0.05, 0) is 28.5 Å². The summed E-state index contributed by atoms with van der Waals surface area (Å²) in [7, 11) is 4.52. The number of nitrogens with zero attached hydrogens (tertiary/aromatic N) is 2. The fraction of sp³-hybridized carbons (Fsp3) is 0.174. The van der Waals surface area contributed by atoms with E-state index in [0.29, 0.717) is 27.9 Å². The number of rotatable bonds is 8. The second kappa shape index (κ2) is 9.88. The van der Waals surface area contributed by atoms with Crippen LogP contribution in [-0.2, 0) is 5.75 Å². The first-order valence-corrected chi connectivity index (χ1v) is 11.5. The fourth-order valence-electron chi connectivity index (χ4n) is 3.26. The highest BCUT2D eigenvalue weighted by Gasteiger charge is 2.18. The summed E-state index contributed by atoms with van der Waals surface area (Å²) in [6.07, 6.45) is 0. The molecule has 164 valence electrons. The Morgan fingerprint density at radius 1 is 0.969 bits per heavy atom. The van der Waals surface area contributed by atoms with E-state index in [1.54, 1.807) is 23.9 Å². The molecule has 0 bridgehead atoms. The monoisotopic (exact) mass is 467 g/mol. The van der Waals surface area contributed by atoms with E-state index >= 15 is 0 Å². The number of ether oxygens (including phenoxy) is 3. The molecule has 1 N–H and O–H groups in total. The lowest BCUT2D eigenvalue weighted by Gasteiger charge is -2.13. The van der Waals surface area contributed by atoms with Gasteiger partial charge in [0.15, 0.2) is 15.8 Å². The van der Waals surface area contributed by atoms with Crippen molar-refractivity contribution < 1.29 is 19.0 Å². The largest absolute Gasteiger partial charge is 0.493 e. The van der Waals surface area contributed by atoms with Crippen LogP contribution in [0.3, 0.4) is 0 Å². The van der Waals surface area contributed by atoms with Crippen molar-refractivity contribution >= 4 is 44.9 Å². The number of benzene rings is 3. The summed E-state index contributed by atoms with van der Waals surface area (Å²) in [6.45, 7) is 0. The van der Waals surface area contributed by atoms with Gasteiger partial charge in [0.05, 0.1) is 21.3 Å². The predicted molar refractivity (Wildman–Crippen MR) is 127 cm³/mol. The Kier molecular flexibility index (Phi) is 6.77. The molecule has 0 fully saturated rings. The Balaban J connectivity index is 1.46. The standard InChI is InChI=1S/C23H21N3O4S2/c1-28-18-11-16(12-19(29-2)20(18)30-3)21(27)24-22-25-26-23(32-22)31-13-15-9-6-8-14-7-4-5-10-17(14)15/h4-12H,13H2,1-3H3,(H,24,25,27). The summed E-state index contributed by atoms with van der Waals surface area (Å²) < 4.78 is 16.7. The average molecular weight is 468 g/mol. The van der Waals surface area contributed by atoms with Crippen LogP contribution in [0.25, 0.3) is 10.8 Å². The van der Waals surface area contributed by atoms with Crippen molar-refractivity contribution in [3.63, 3.8) is 0 Å². The number of carbonyl (C=O) groups is 1. The van der Waals surface area contributed by atoms with Crippen LogP contribution in [0.4, 0.5) is 5.13 Å². The molecule has 0 aliphatic carbocycles. The van der Waals surface area contributed by atoms with Gasteiger partial charge in [-0.25, -0.2) is 0 Å². The lowest BCUT2D eigenvalue weighted by molar-refractivity contribution is 0.102. The van der Waals surface area contributed by atoms with E-state index in [0.717, 1.165) is 10.1 Å². The molecule has 0 aliphatic rings. The highest BCUT2D eigenvalue weighted by atomic mass is 32.2. The molecular formula is C23H21N3O4S2. The quantitative estimate of drug-likeness (QED) is 0.279. The average Bonchev–Trinajstić information content (AvgIpc) is 3.28. The van der Waals surface area contributed by atoms with Gasteiger partial charge in [0.1, 0.15) is 0 Å². The zero-order valence-corrected chi connectivity index (χ0v) is 19.4. The van der Waals surface area contributed by atoms with Crippen LogP contribution in [0.1, 0.15) is 15.9 Å². The summed E-state index contributed by atoms with van der Waals surface area (Å²) in [6, 6.07) is 17.8. The van der Waals surface area contributed by atoms with Crippen LogP contribution in [0.2, 0.25) is 0 Å². The smallest absolute Gasteiger partial charge is 0.257 e. The molecule has 0 saturated heterocycles. The maximum atomic E-state index is 12.8. The molecule has 0 aliphatic heterocycles. The fourth-order valence-corrected chi connectivity index (χ4v) is 5.01. The minimum absolute atomic E-state index is 0.342. The Morgan fingerprint density at radius 2 is 1.69 bits per heavy atom. The summed E-state index contributed by atoms with van der Waals surface area (Å²) in [4.78, 5) is 12.8. The third-order valence-corrected chi connectivity index (χ3v) is 6.81. The van der Waals surface area contributed by atoms with E-state index in [1.807, 2.05) is 12.1 Å². The number of thioether (sulfide) groups is 1. The van der Waals surface area contributed by atoms with Gasteiger partial charge in [0.25, 0.3) is 5.91 Å². The highest BCUT2D eigenvalue weighted by molar-refractivity contribution is 8.00. The molecule has 0 atom stereocenters. The molecule has 3 aromatic carbocycles. The Morgan fingerprint density at radius 3 is 2.41 bits per heavy atom. The molecule has 0 spiro atoms. The van der Waals surface area contributed by atoms with Crippen LogP contribution in [0.5, 0.6) is 17.2 Å². The predicted octanol–water partition coefficient (Wildman–Crippen LogP) is 5.26. The number of hydrogen-bond donors (Lipinski definition) is 1. The van der Waals surface area contributed by atoms with Crippen molar-refractivity contribution in [3.05, 3.63) is 65.7 Å². The van der Waals surface area contributed by atoms with E-state index in [9.17, 15) is 4.79 Å². The van der Waals surface area contributed by atoms with E-state index in [1.165, 1.54) is 49.0 Å². The van der Waals surface area contributed by atoms with Gasteiger partial charge in [-0.2, -0.15) is 0 Å². The number of fused-ring (bicyclic) bond motifs is 1. The highest BCUT2D eigenvalue weighted by Crippen LogP contribution is 2.38. The second-order valence-corrected chi connectivity index (χ2v) is 8.87. The zero-order chi connectivity index (χ0) is 22.5. The number of carbonyl (C=O) groups excluding carboxylic acids is 1. The first-order valence-electron chi connectivity index (χ1n) is 9.67. The molecule has 7 nitrogen and oxygen atoms in total. The van der Waals surface area contributed by atoms with Gasteiger partial charge >= 0.3 is 0 Å². The topological polar surface area (TPSA) is 82.6 Å². The number of methoxy groups -OCH3 is 3. The van der Waals surface area contributed by atoms with E-state index in [-0.39, 0.29) is 5.91 Å². The summed E-state index contributed by atoms with van der Waals surface area (Å²) in [5, 5.41) is 13.9. The number of anilines is 1. The maximum absolute atomic E-state index is 12.8. The number of hydrogen-bond acceptors (Lipinski definition) is 8. The molecule has 4 aromatic rings. The first kappa shape index (κ1) is 21.9. The van der Waals surface area contributed by atoms with E-state index < -0.39 is 0 Å². The van der Waals surface area contributed by atoms with Crippen molar-refractivity contribution in [1.29, 1.82) is 0 Å². The van der Waals surface area contributed by atoms with Crippen molar-refractivity contribution in [3.8, 4) is 17.2 Å². The van der Waals surface area contributed by atoms with Crippen molar-refractivity contribution in [2.75, 3.05) is 26.6 Å². The molecule has 0 radical (unpaired) electrons. The van der Waals surface area contributed by atoms with Gasteiger partial charge < -0.3 is 14.2 Å². The van der Waals surface area contributed by atoms with Crippen molar-refractivity contribution in [1.82, 2.24) is 10.2 Å². The van der Waals surface area contributed by atoms with Crippen LogP contribution < -0.4 is 19.5 Å². The summed E-state index contributed by atoms with van der Waals surface area (Å²) in [5.41, 5.74) is 1.59. The molecule has 1 heterocycles. The molecule has 9 heteroatoms. The van der Waals surface area contributed by atoms with Crippen molar-refractivity contribution in [2.24, 2.45) is 0 Å². The van der Waals surface area contributed by atoms with Crippen LogP contribution >= 0.6 is 23.1 Å². The summed E-state index contributed by atoms with van der Waals surface area (Å²) >= 11 is 2.92. The Labute approximate surface area is 193 Å². The molecule has 1 aromatic heterocycles. The third kappa shape index (κ3) is 4.63. The Hall–Kier alpha value is -3.30.